The Labute approximate surface area is 253 Å². The van der Waals surface area contributed by atoms with Gasteiger partial charge in [0.1, 0.15) is 18.1 Å². The van der Waals surface area contributed by atoms with E-state index in [1.54, 1.807) is 30.3 Å². The van der Waals surface area contributed by atoms with Crippen molar-refractivity contribution in [2.45, 2.75) is 13.0 Å². The van der Waals surface area contributed by atoms with Crippen LogP contribution in [0.4, 0.5) is 10.1 Å². The zero-order chi connectivity index (χ0) is 30.5. The summed E-state index contributed by atoms with van der Waals surface area (Å²) >= 11 is 3.17. The third kappa shape index (κ3) is 6.57. The Morgan fingerprint density at radius 1 is 0.930 bits per heavy atom. The number of ether oxygens (including phenoxy) is 1. The van der Waals surface area contributed by atoms with Gasteiger partial charge in [0, 0.05) is 16.6 Å². The molecule has 5 rings (SSSR count). The lowest BCUT2D eigenvalue weighted by Gasteiger charge is -2.16. The van der Waals surface area contributed by atoms with Gasteiger partial charge in [0.05, 0.1) is 29.4 Å². The average Bonchev–Trinajstić information content (AvgIpc) is 3.01. The molecule has 11 heteroatoms. The quantitative estimate of drug-likeness (QED) is 0.242. The third-order valence-corrected chi connectivity index (χ3v) is 7.28. The lowest BCUT2D eigenvalue weighted by atomic mass is 10.1. The number of amides is 2. The second kappa shape index (κ2) is 12.9. The van der Waals surface area contributed by atoms with Crippen molar-refractivity contribution in [1.82, 2.24) is 14.5 Å². The molecule has 2 amide bonds. The Morgan fingerprint density at radius 3 is 2.37 bits per heavy atom. The number of aromatic nitrogens is 2. The van der Waals surface area contributed by atoms with Gasteiger partial charge in [-0.15, -0.1) is 0 Å². The highest BCUT2D eigenvalue weighted by Crippen LogP contribution is 2.20. The van der Waals surface area contributed by atoms with Gasteiger partial charge in [-0.2, -0.15) is 0 Å². The fourth-order valence-electron chi connectivity index (χ4n) is 4.61. The number of carbonyl (C=O) groups is 2. The van der Waals surface area contributed by atoms with E-state index in [0.29, 0.717) is 23.2 Å². The standard InChI is InChI=1S/C32H26BrFN4O5/c1-43-24-11-9-23(10-12-24)38-31(41)25-13-7-21(30(40)35-16-15-20-5-3-2-4-6-20)17-28(25)37(32(38)42)19-29(39)36-27-14-8-22(33)18-26(27)34/h2-14,17-18H,15-16,19H2,1H3,(H,35,40)(H,36,39). The van der Waals surface area contributed by atoms with Crippen LogP contribution in [0.5, 0.6) is 5.75 Å². The molecule has 4 aromatic carbocycles. The first-order valence-electron chi connectivity index (χ1n) is 13.3. The molecule has 0 atom stereocenters. The van der Waals surface area contributed by atoms with Gasteiger partial charge in [-0.3, -0.25) is 19.0 Å². The Kier molecular flexibility index (Phi) is 8.82. The van der Waals surface area contributed by atoms with E-state index in [1.165, 1.54) is 37.4 Å². The van der Waals surface area contributed by atoms with E-state index in [9.17, 15) is 23.6 Å². The zero-order valence-corrected chi connectivity index (χ0v) is 24.6. The van der Waals surface area contributed by atoms with Crippen molar-refractivity contribution < 1.29 is 18.7 Å². The Hall–Kier alpha value is -5.03. The van der Waals surface area contributed by atoms with Crippen LogP contribution in [0, 0.1) is 5.82 Å². The Balaban J connectivity index is 1.53. The third-order valence-electron chi connectivity index (χ3n) is 6.79. The number of nitrogens with zero attached hydrogens (tertiary/aromatic N) is 2. The maximum absolute atomic E-state index is 14.4. The Bertz CT molecular complexity index is 1940. The summed E-state index contributed by atoms with van der Waals surface area (Å²) in [7, 11) is 1.49. The van der Waals surface area contributed by atoms with Gasteiger partial charge >= 0.3 is 5.69 Å². The molecule has 1 heterocycles. The summed E-state index contributed by atoms with van der Waals surface area (Å²) < 4.78 is 22.1. The van der Waals surface area contributed by atoms with Gasteiger partial charge in [0.2, 0.25) is 5.91 Å². The summed E-state index contributed by atoms with van der Waals surface area (Å²) in [5, 5.41) is 5.43. The molecule has 9 nitrogen and oxygen atoms in total. The molecule has 5 aromatic rings. The van der Waals surface area contributed by atoms with E-state index in [0.717, 1.165) is 14.7 Å². The highest BCUT2D eigenvalue weighted by molar-refractivity contribution is 9.10. The molecule has 0 fully saturated rings. The first-order valence-corrected chi connectivity index (χ1v) is 14.1. The minimum absolute atomic E-state index is 0.0764. The molecule has 0 saturated heterocycles. The number of halogens is 2. The smallest absolute Gasteiger partial charge is 0.336 e. The number of nitrogens with one attached hydrogen (secondary N) is 2. The van der Waals surface area contributed by atoms with Crippen molar-refractivity contribution in [3.63, 3.8) is 0 Å². The fourth-order valence-corrected chi connectivity index (χ4v) is 4.94. The van der Waals surface area contributed by atoms with Crippen LogP contribution in [0.25, 0.3) is 16.6 Å². The first kappa shape index (κ1) is 29.5. The predicted octanol–water partition coefficient (Wildman–Crippen LogP) is 4.67. The predicted molar refractivity (Wildman–Crippen MR) is 166 cm³/mol. The highest BCUT2D eigenvalue weighted by Gasteiger charge is 2.19. The molecule has 0 radical (unpaired) electrons. The summed E-state index contributed by atoms with van der Waals surface area (Å²) in [6.07, 6.45) is 0.615. The van der Waals surface area contributed by atoms with E-state index in [2.05, 4.69) is 26.6 Å². The molecule has 0 spiro atoms. The molecule has 2 N–H and O–H groups in total. The van der Waals surface area contributed by atoms with Crippen LogP contribution in [0.1, 0.15) is 15.9 Å². The van der Waals surface area contributed by atoms with Crippen LogP contribution in [0.15, 0.2) is 105 Å². The molecule has 1 aromatic heterocycles. The van der Waals surface area contributed by atoms with Crippen molar-refractivity contribution in [3.05, 3.63) is 133 Å². The molecule has 0 aliphatic heterocycles. The van der Waals surface area contributed by atoms with Crippen LogP contribution in [-0.2, 0) is 17.8 Å². The van der Waals surface area contributed by atoms with E-state index < -0.39 is 35.4 Å². The molecule has 43 heavy (non-hydrogen) atoms. The van der Waals surface area contributed by atoms with Crippen LogP contribution < -0.4 is 26.6 Å². The second-order valence-corrected chi connectivity index (χ2v) is 10.5. The topological polar surface area (TPSA) is 111 Å². The summed E-state index contributed by atoms with van der Waals surface area (Å²) in [5.41, 5.74) is 0.0904. The van der Waals surface area contributed by atoms with Gasteiger partial charge in [-0.05, 0) is 72.6 Å². The lowest BCUT2D eigenvalue weighted by molar-refractivity contribution is -0.116. The van der Waals surface area contributed by atoms with Crippen LogP contribution in [0.3, 0.4) is 0 Å². The molecular formula is C32H26BrFN4O5. The lowest BCUT2D eigenvalue weighted by Crippen LogP contribution is -2.41. The largest absolute Gasteiger partial charge is 0.497 e. The minimum Gasteiger partial charge on any atom is -0.497 e. The Morgan fingerprint density at radius 2 is 1.67 bits per heavy atom. The maximum Gasteiger partial charge on any atom is 0.336 e. The molecule has 0 aliphatic carbocycles. The van der Waals surface area contributed by atoms with E-state index >= 15 is 0 Å². The highest BCUT2D eigenvalue weighted by atomic mass is 79.9. The summed E-state index contributed by atoms with van der Waals surface area (Å²) in [5.74, 6) is -1.26. The number of anilines is 1. The molecule has 218 valence electrons. The normalized spacial score (nSPS) is 10.9. The fraction of sp³-hybridized carbons (Fsp3) is 0.125. The zero-order valence-electron chi connectivity index (χ0n) is 23.0. The van der Waals surface area contributed by atoms with Gasteiger partial charge in [-0.25, -0.2) is 13.8 Å². The monoisotopic (exact) mass is 644 g/mol. The molecule has 0 bridgehead atoms. The van der Waals surface area contributed by atoms with Crippen molar-refractivity contribution in [2.75, 3.05) is 19.0 Å². The minimum atomic E-state index is -0.810. The number of benzene rings is 4. The van der Waals surface area contributed by atoms with Crippen molar-refractivity contribution in [1.29, 1.82) is 0 Å². The summed E-state index contributed by atoms with van der Waals surface area (Å²) in [6, 6.07) is 24.4. The van der Waals surface area contributed by atoms with Crippen molar-refractivity contribution >= 4 is 44.3 Å². The van der Waals surface area contributed by atoms with Crippen LogP contribution in [-0.4, -0.2) is 34.6 Å². The molecule has 0 unspecified atom stereocenters. The first-order chi connectivity index (χ1) is 20.7. The van der Waals surface area contributed by atoms with Gasteiger partial charge < -0.3 is 15.4 Å². The van der Waals surface area contributed by atoms with E-state index in [1.807, 2.05) is 30.3 Å². The van der Waals surface area contributed by atoms with Crippen LogP contribution >= 0.6 is 15.9 Å². The number of hydrogen-bond donors (Lipinski definition) is 2. The van der Waals surface area contributed by atoms with Crippen molar-refractivity contribution in [2.24, 2.45) is 0 Å². The number of rotatable bonds is 9. The SMILES string of the molecule is COc1ccc(-n2c(=O)c3ccc(C(=O)NCCc4ccccc4)cc3n(CC(=O)Nc3ccc(Br)cc3F)c2=O)cc1. The van der Waals surface area contributed by atoms with Gasteiger partial charge in [-0.1, -0.05) is 46.3 Å². The molecule has 0 saturated carbocycles. The summed E-state index contributed by atoms with van der Waals surface area (Å²) in [6.45, 7) is -0.186. The maximum atomic E-state index is 14.4. The molecular weight excluding hydrogens is 619 g/mol. The number of methoxy groups -OCH3 is 1. The van der Waals surface area contributed by atoms with Gasteiger partial charge in [0.25, 0.3) is 11.5 Å². The average molecular weight is 645 g/mol. The van der Waals surface area contributed by atoms with E-state index in [4.69, 9.17) is 4.74 Å². The number of carbonyl (C=O) groups excluding carboxylic acids is 2. The van der Waals surface area contributed by atoms with Crippen LogP contribution in [0.2, 0.25) is 0 Å². The summed E-state index contributed by atoms with van der Waals surface area (Å²) in [4.78, 5) is 53.5. The van der Waals surface area contributed by atoms with Crippen molar-refractivity contribution in [3.8, 4) is 11.4 Å². The number of fused-ring (bicyclic) bond motifs is 1. The second-order valence-electron chi connectivity index (χ2n) is 9.60. The van der Waals surface area contributed by atoms with Gasteiger partial charge in [0.15, 0.2) is 0 Å². The van der Waals surface area contributed by atoms with E-state index in [-0.39, 0.29) is 27.8 Å². The number of hydrogen-bond acceptors (Lipinski definition) is 5. The molecule has 0 aliphatic rings.